The summed E-state index contributed by atoms with van der Waals surface area (Å²) in [4.78, 5) is 0. The van der Waals surface area contributed by atoms with Crippen molar-refractivity contribution >= 4 is 26.2 Å². The van der Waals surface area contributed by atoms with E-state index in [2.05, 4.69) is 115 Å². The summed E-state index contributed by atoms with van der Waals surface area (Å²) >= 11 is 0. The molecule has 196 valence electrons. The highest BCUT2D eigenvalue weighted by Crippen LogP contribution is 2.42. The van der Waals surface area contributed by atoms with Gasteiger partial charge >= 0.3 is 7.12 Å². The highest BCUT2D eigenvalue weighted by atomic mass is 28.4. The molecule has 5 heteroatoms. The number of rotatable bonds is 13. The van der Waals surface area contributed by atoms with Gasteiger partial charge in [-0.1, -0.05) is 99.8 Å². The molecule has 3 nitrogen and oxygen atoms in total. The lowest BCUT2D eigenvalue weighted by Gasteiger charge is -2.36. The summed E-state index contributed by atoms with van der Waals surface area (Å²) in [6.07, 6.45) is 6.66. The second kappa shape index (κ2) is 12.3. The first-order valence-corrected chi connectivity index (χ1v) is 16.7. The lowest BCUT2D eigenvalue weighted by Crippen LogP contribution is -2.49. The second-order valence-electron chi connectivity index (χ2n) is 11.8. The summed E-state index contributed by atoms with van der Waals surface area (Å²) in [7, 11) is -2.44. The third-order valence-corrected chi connectivity index (χ3v) is 10.7. The maximum atomic E-state index is 7.19. The normalized spacial score (nSPS) is 18.7. The van der Waals surface area contributed by atoms with Gasteiger partial charge in [-0.15, -0.1) is 0 Å². The molecule has 0 spiro atoms. The molecule has 0 amide bonds. The van der Waals surface area contributed by atoms with Crippen molar-refractivity contribution in [2.24, 2.45) is 5.92 Å². The van der Waals surface area contributed by atoms with E-state index < -0.39 is 8.32 Å². The molecule has 2 aromatic rings. The van der Waals surface area contributed by atoms with Gasteiger partial charge in [0, 0.05) is 5.92 Å². The standard InChI is InChI=1S/C31H47BO3Si/c1-9-10-11-18-23-29(33-36(7,8)27-21-16-13-17-22-27)28(25(2)26-19-14-12-15-20-26)24-32-34-30(3,4)31(5,6)35-32/h12-17,19-22,28-29H,2,9-11,18,23-24H2,1,3-8H3. The van der Waals surface area contributed by atoms with Gasteiger partial charge in [0.1, 0.15) is 0 Å². The molecule has 0 N–H and O–H groups in total. The summed E-state index contributed by atoms with van der Waals surface area (Å²) in [5, 5.41) is 1.32. The molecule has 36 heavy (non-hydrogen) atoms. The molecule has 0 aliphatic carbocycles. The van der Waals surface area contributed by atoms with Gasteiger partial charge < -0.3 is 13.7 Å². The number of unbranched alkanes of at least 4 members (excludes halogenated alkanes) is 3. The Morgan fingerprint density at radius 3 is 2.00 bits per heavy atom. The van der Waals surface area contributed by atoms with Crippen molar-refractivity contribution in [3.05, 3.63) is 72.8 Å². The van der Waals surface area contributed by atoms with E-state index >= 15 is 0 Å². The number of hydrogen-bond donors (Lipinski definition) is 0. The van der Waals surface area contributed by atoms with Gasteiger partial charge in [0.05, 0.1) is 17.3 Å². The van der Waals surface area contributed by atoms with Crippen LogP contribution in [-0.2, 0) is 13.7 Å². The van der Waals surface area contributed by atoms with E-state index in [0.29, 0.717) is 0 Å². The Bertz CT molecular complexity index is 942. The summed E-state index contributed by atoms with van der Waals surface area (Å²) in [6, 6.07) is 21.3. The predicted molar refractivity (Wildman–Crippen MR) is 157 cm³/mol. The smallest absolute Gasteiger partial charge is 0.409 e. The van der Waals surface area contributed by atoms with E-state index in [1.165, 1.54) is 30.0 Å². The van der Waals surface area contributed by atoms with Crippen LogP contribution in [0.4, 0.5) is 0 Å². The maximum Gasteiger partial charge on any atom is 0.458 e. The number of benzene rings is 2. The second-order valence-corrected chi connectivity index (χ2v) is 15.6. The summed E-state index contributed by atoms with van der Waals surface area (Å²) in [5.41, 5.74) is 1.57. The Hall–Kier alpha value is -1.66. The van der Waals surface area contributed by atoms with Crippen molar-refractivity contribution in [1.29, 1.82) is 0 Å². The topological polar surface area (TPSA) is 27.7 Å². The quantitative estimate of drug-likeness (QED) is 0.204. The minimum atomic E-state index is -2.16. The van der Waals surface area contributed by atoms with Crippen molar-refractivity contribution in [3.63, 3.8) is 0 Å². The molecule has 2 unspecified atom stereocenters. The zero-order chi connectivity index (χ0) is 26.4. The van der Waals surface area contributed by atoms with Crippen LogP contribution in [-0.4, -0.2) is 32.7 Å². The number of hydrogen-bond acceptors (Lipinski definition) is 3. The van der Waals surface area contributed by atoms with Gasteiger partial charge in [-0.3, -0.25) is 0 Å². The van der Waals surface area contributed by atoms with Crippen LogP contribution in [0.15, 0.2) is 67.2 Å². The summed E-state index contributed by atoms with van der Waals surface area (Å²) in [6.45, 7) is 20.0. The molecule has 0 saturated carbocycles. The van der Waals surface area contributed by atoms with Crippen LogP contribution in [0.25, 0.3) is 5.57 Å². The Morgan fingerprint density at radius 2 is 1.44 bits per heavy atom. The molecule has 3 rings (SSSR count). The Balaban J connectivity index is 1.93. The fourth-order valence-corrected chi connectivity index (χ4v) is 7.22. The molecular formula is C31H47BO3Si. The molecule has 0 aromatic heterocycles. The minimum absolute atomic E-state index is 0.0514. The molecule has 0 bridgehead atoms. The average Bonchev–Trinajstić information content (AvgIpc) is 3.05. The lowest BCUT2D eigenvalue weighted by atomic mass is 9.70. The van der Waals surface area contributed by atoms with Gasteiger partial charge in [-0.25, -0.2) is 0 Å². The van der Waals surface area contributed by atoms with E-state index in [-0.39, 0.29) is 30.3 Å². The summed E-state index contributed by atoms with van der Waals surface area (Å²) < 4.78 is 20.2. The third kappa shape index (κ3) is 7.22. The molecular weight excluding hydrogens is 459 g/mol. The van der Waals surface area contributed by atoms with E-state index in [1.807, 2.05) is 0 Å². The van der Waals surface area contributed by atoms with Crippen LogP contribution in [0.1, 0.15) is 72.3 Å². The van der Waals surface area contributed by atoms with Crippen LogP contribution in [0.3, 0.4) is 0 Å². The minimum Gasteiger partial charge on any atom is -0.409 e. The Morgan fingerprint density at radius 1 is 0.889 bits per heavy atom. The average molecular weight is 507 g/mol. The van der Waals surface area contributed by atoms with E-state index in [0.717, 1.165) is 24.7 Å². The van der Waals surface area contributed by atoms with E-state index in [4.69, 9.17) is 13.7 Å². The van der Waals surface area contributed by atoms with Gasteiger partial charge in [0.15, 0.2) is 0 Å². The highest BCUT2D eigenvalue weighted by molar-refractivity contribution is 6.84. The van der Waals surface area contributed by atoms with Crippen LogP contribution in [0.2, 0.25) is 19.4 Å². The largest absolute Gasteiger partial charge is 0.458 e. The Kier molecular flexibility index (Phi) is 9.84. The molecule has 1 saturated heterocycles. The molecule has 1 aliphatic rings. The van der Waals surface area contributed by atoms with Crippen molar-refractivity contribution in [3.8, 4) is 0 Å². The van der Waals surface area contributed by atoms with Crippen LogP contribution >= 0.6 is 0 Å². The van der Waals surface area contributed by atoms with Crippen LogP contribution in [0.5, 0.6) is 0 Å². The molecule has 1 fully saturated rings. The lowest BCUT2D eigenvalue weighted by molar-refractivity contribution is 0.00578. The molecule has 2 aromatic carbocycles. The fraction of sp³-hybridized carbons (Fsp3) is 0.548. The molecule has 1 heterocycles. The Labute approximate surface area is 221 Å². The maximum absolute atomic E-state index is 7.19. The molecule has 2 atom stereocenters. The zero-order valence-electron chi connectivity index (χ0n) is 23.7. The van der Waals surface area contributed by atoms with Crippen molar-refractivity contribution in [2.45, 2.75) is 103 Å². The van der Waals surface area contributed by atoms with Crippen LogP contribution in [0, 0.1) is 5.92 Å². The summed E-state index contributed by atoms with van der Waals surface area (Å²) in [5.74, 6) is 0.0965. The third-order valence-electron chi connectivity index (χ3n) is 8.05. The predicted octanol–water partition coefficient (Wildman–Crippen LogP) is 7.88. The first-order valence-electron chi connectivity index (χ1n) is 13.8. The van der Waals surface area contributed by atoms with Crippen LogP contribution < -0.4 is 5.19 Å². The molecule has 0 radical (unpaired) electrons. The zero-order valence-corrected chi connectivity index (χ0v) is 24.7. The SMILES string of the molecule is C=C(c1ccccc1)C(CB1OC(C)(C)C(C)(C)O1)C(CCCCCC)O[Si](C)(C)c1ccccc1. The highest BCUT2D eigenvalue weighted by Gasteiger charge is 2.52. The van der Waals surface area contributed by atoms with Gasteiger partial charge in [0.25, 0.3) is 0 Å². The van der Waals surface area contributed by atoms with Crippen molar-refractivity contribution < 1.29 is 13.7 Å². The van der Waals surface area contributed by atoms with Gasteiger partial charge in [-0.2, -0.15) is 0 Å². The first-order chi connectivity index (χ1) is 17.0. The first kappa shape index (κ1) is 28.9. The van der Waals surface area contributed by atoms with Crippen molar-refractivity contribution in [2.75, 3.05) is 0 Å². The monoisotopic (exact) mass is 506 g/mol. The van der Waals surface area contributed by atoms with Gasteiger partial charge in [0.2, 0.25) is 8.32 Å². The molecule has 1 aliphatic heterocycles. The van der Waals surface area contributed by atoms with E-state index in [1.54, 1.807) is 0 Å². The van der Waals surface area contributed by atoms with Crippen molar-refractivity contribution in [1.82, 2.24) is 0 Å². The van der Waals surface area contributed by atoms with E-state index in [9.17, 15) is 0 Å². The van der Waals surface area contributed by atoms with Gasteiger partial charge in [-0.05, 0) is 69.9 Å². The fourth-order valence-electron chi connectivity index (χ4n) is 5.05.